The Labute approximate surface area is 168 Å². The van der Waals surface area contributed by atoms with Crippen molar-refractivity contribution < 1.29 is 26.3 Å². The van der Waals surface area contributed by atoms with Gasteiger partial charge in [0.2, 0.25) is 11.9 Å². The Morgan fingerprint density at radius 3 is 2.48 bits per heavy atom. The molecule has 3 aromatic rings. The third kappa shape index (κ3) is 5.31. The number of nitrogens with zero attached hydrogens (tertiary/aromatic N) is 3. The number of thiazole rings is 1. The minimum Gasteiger partial charge on any atom is -0.456 e. The van der Waals surface area contributed by atoms with Crippen molar-refractivity contribution in [1.29, 1.82) is 0 Å². The molecule has 0 radical (unpaired) electrons. The van der Waals surface area contributed by atoms with Crippen molar-refractivity contribution in [2.24, 2.45) is 0 Å². The lowest BCUT2D eigenvalue weighted by Gasteiger charge is -2.21. The third-order valence-electron chi connectivity index (χ3n) is 3.55. The molecule has 0 fully saturated rings. The van der Waals surface area contributed by atoms with Crippen molar-refractivity contribution >= 4 is 38.4 Å². The van der Waals surface area contributed by atoms with Crippen molar-refractivity contribution in [3.63, 3.8) is 0 Å². The molecule has 0 spiro atoms. The molecule has 1 aromatic carbocycles. The molecule has 0 aliphatic rings. The van der Waals surface area contributed by atoms with Crippen LogP contribution < -0.4 is 14.2 Å². The number of aromatic nitrogens is 3. The van der Waals surface area contributed by atoms with Crippen molar-refractivity contribution in [3.8, 4) is 5.88 Å². The molecule has 0 saturated carbocycles. The summed E-state index contributed by atoms with van der Waals surface area (Å²) in [5.41, 5.74) is 1.77. The summed E-state index contributed by atoms with van der Waals surface area (Å²) < 4.78 is 74.6. The minimum atomic E-state index is -4.78. The van der Waals surface area contributed by atoms with Gasteiger partial charge in [-0.1, -0.05) is 19.1 Å². The Morgan fingerprint density at radius 1 is 1.21 bits per heavy atom. The van der Waals surface area contributed by atoms with E-state index in [-0.39, 0.29) is 22.5 Å². The molecule has 0 saturated heterocycles. The van der Waals surface area contributed by atoms with Crippen LogP contribution in [0.4, 0.5) is 19.0 Å². The fraction of sp³-hybridized carbons (Fsp3) is 0.312. The number of rotatable bonds is 8. The van der Waals surface area contributed by atoms with Gasteiger partial charge in [-0.25, -0.2) is 9.97 Å². The van der Waals surface area contributed by atoms with E-state index in [1.54, 1.807) is 25.1 Å². The van der Waals surface area contributed by atoms with E-state index in [2.05, 4.69) is 24.4 Å². The molecule has 0 bridgehead atoms. The average molecular weight is 447 g/mol. The Morgan fingerprint density at radius 2 is 1.90 bits per heavy atom. The van der Waals surface area contributed by atoms with Gasteiger partial charge < -0.3 is 4.74 Å². The van der Waals surface area contributed by atoms with Crippen molar-refractivity contribution in [1.82, 2.24) is 19.7 Å². The van der Waals surface area contributed by atoms with Gasteiger partial charge in [0.1, 0.15) is 0 Å². The average Bonchev–Trinajstić information content (AvgIpc) is 3.17. The van der Waals surface area contributed by atoms with Gasteiger partial charge in [0.15, 0.2) is 0 Å². The molecule has 8 nitrogen and oxygen atoms in total. The summed E-state index contributed by atoms with van der Waals surface area (Å²) in [7, 11) is -4.09. The SMILES string of the molecule is CCCNS(=O)(=O)Nc1nc2ccccc2nc1O[C@@H](c1cncs1)C(F)(F)F. The van der Waals surface area contributed by atoms with Gasteiger partial charge in [-0.15, -0.1) is 11.3 Å². The number of hydrogen-bond donors (Lipinski definition) is 2. The maximum Gasteiger partial charge on any atom is 0.430 e. The van der Waals surface area contributed by atoms with E-state index < -0.39 is 34.2 Å². The number of hydrogen-bond acceptors (Lipinski definition) is 7. The highest BCUT2D eigenvalue weighted by atomic mass is 32.2. The summed E-state index contributed by atoms with van der Waals surface area (Å²) in [6.07, 6.45) is -5.60. The number of fused-ring (bicyclic) bond motifs is 1. The molecule has 156 valence electrons. The normalized spacial score (nSPS) is 13.4. The molecular formula is C16H16F3N5O3S2. The molecule has 2 heterocycles. The molecule has 2 N–H and O–H groups in total. The van der Waals surface area contributed by atoms with E-state index in [0.717, 1.165) is 17.5 Å². The van der Waals surface area contributed by atoms with Crippen molar-refractivity contribution in [2.45, 2.75) is 25.6 Å². The van der Waals surface area contributed by atoms with E-state index in [0.29, 0.717) is 6.42 Å². The van der Waals surface area contributed by atoms with Crippen molar-refractivity contribution in [3.05, 3.63) is 40.8 Å². The Kier molecular flexibility index (Phi) is 6.19. The molecule has 2 aromatic heterocycles. The largest absolute Gasteiger partial charge is 0.456 e. The van der Waals surface area contributed by atoms with Crippen LogP contribution in [0.25, 0.3) is 11.0 Å². The van der Waals surface area contributed by atoms with Gasteiger partial charge in [-0.2, -0.15) is 26.3 Å². The van der Waals surface area contributed by atoms with Gasteiger partial charge >= 0.3 is 6.18 Å². The maximum atomic E-state index is 13.6. The predicted octanol–water partition coefficient (Wildman–Crippen LogP) is 3.43. The maximum absolute atomic E-state index is 13.6. The summed E-state index contributed by atoms with van der Waals surface area (Å²) in [4.78, 5) is 11.6. The standard InChI is InChI=1S/C16H16F3N5O3S2/c1-2-7-21-29(25,26)24-14-15(23-11-6-4-3-5-10(11)22-14)27-13(16(17,18)19)12-8-20-9-28-12/h3-6,8-9,13,21H,2,7H2,1H3,(H,22,24)/t13-/m0/s1. The number of benzene rings is 1. The Balaban J connectivity index is 2.04. The summed E-state index contributed by atoms with van der Waals surface area (Å²) in [5, 5.41) is 0. The number of halogens is 3. The fourth-order valence-electron chi connectivity index (χ4n) is 2.29. The molecule has 0 aliphatic heterocycles. The Bertz CT molecular complexity index is 1080. The molecule has 0 amide bonds. The first-order valence-corrected chi connectivity index (χ1v) is 10.7. The highest BCUT2D eigenvalue weighted by Gasteiger charge is 2.45. The highest BCUT2D eigenvalue weighted by Crippen LogP contribution is 2.39. The molecule has 13 heteroatoms. The van der Waals surface area contributed by atoms with Crippen LogP contribution in [0, 0.1) is 0 Å². The molecule has 1 atom stereocenters. The molecule has 29 heavy (non-hydrogen) atoms. The van der Waals surface area contributed by atoms with Gasteiger partial charge in [0.25, 0.3) is 16.1 Å². The smallest absolute Gasteiger partial charge is 0.430 e. The highest BCUT2D eigenvalue weighted by molar-refractivity contribution is 7.90. The van der Waals surface area contributed by atoms with Crippen LogP contribution in [-0.4, -0.2) is 36.1 Å². The molecular weight excluding hydrogens is 431 g/mol. The van der Waals surface area contributed by atoms with E-state index in [4.69, 9.17) is 4.74 Å². The topological polar surface area (TPSA) is 106 Å². The van der Waals surface area contributed by atoms with E-state index >= 15 is 0 Å². The van der Waals surface area contributed by atoms with E-state index in [9.17, 15) is 21.6 Å². The third-order valence-corrected chi connectivity index (χ3v) is 5.41. The van der Waals surface area contributed by atoms with Crippen LogP contribution in [0.1, 0.15) is 24.3 Å². The van der Waals surface area contributed by atoms with Crippen LogP contribution in [-0.2, 0) is 10.2 Å². The summed E-state index contributed by atoms with van der Waals surface area (Å²) >= 11 is 0.756. The molecule has 3 rings (SSSR count). The zero-order valence-electron chi connectivity index (χ0n) is 15.0. The van der Waals surface area contributed by atoms with Crippen LogP contribution in [0.2, 0.25) is 0 Å². The second-order valence-electron chi connectivity index (χ2n) is 5.81. The molecule has 0 aliphatic carbocycles. The van der Waals surface area contributed by atoms with Crippen LogP contribution >= 0.6 is 11.3 Å². The fourth-order valence-corrected chi connectivity index (χ4v) is 3.89. The van der Waals surface area contributed by atoms with Gasteiger partial charge in [-0.3, -0.25) is 9.71 Å². The van der Waals surface area contributed by atoms with Gasteiger partial charge in [0.05, 0.1) is 21.4 Å². The summed E-state index contributed by atoms with van der Waals surface area (Å²) in [6.45, 7) is 1.90. The van der Waals surface area contributed by atoms with E-state index in [1.165, 1.54) is 11.6 Å². The van der Waals surface area contributed by atoms with Crippen LogP contribution in [0.15, 0.2) is 36.0 Å². The van der Waals surface area contributed by atoms with Crippen LogP contribution in [0.5, 0.6) is 5.88 Å². The second-order valence-corrected chi connectivity index (χ2v) is 8.23. The van der Waals surface area contributed by atoms with Gasteiger partial charge in [-0.05, 0) is 18.6 Å². The lowest BCUT2D eigenvalue weighted by Crippen LogP contribution is -2.32. The molecule has 0 unspecified atom stereocenters. The van der Waals surface area contributed by atoms with Gasteiger partial charge in [0, 0.05) is 12.7 Å². The predicted molar refractivity (Wildman–Crippen MR) is 102 cm³/mol. The first-order valence-electron chi connectivity index (χ1n) is 8.35. The number of anilines is 1. The minimum absolute atomic E-state index is 0.137. The summed E-state index contributed by atoms with van der Waals surface area (Å²) in [6, 6.07) is 6.34. The zero-order chi connectivity index (χ0) is 21.1. The number of alkyl halides is 3. The summed E-state index contributed by atoms with van der Waals surface area (Å²) in [5.74, 6) is -1.05. The first-order chi connectivity index (χ1) is 13.7. The quantitative estimate of drug-likeness (QED) is 0.548. The van der Waals surface area contributed by atoms with E-state index in [1.807, 2.05) is 0 Å². The Hall–Kier alpha value is -2.51. The number of nitrogens with one attached hydrogen (secondary N) is 2. The number of ether oxygens (including phenoxy) is 1. The zero-order valence-corrected chi connectivity index (χ0v) is 16.6. The monoisotopic (exact) mass is 447 g/mol. The number of para-hydroxylation sites is 2. The van der Waals surface area contributed by atoms with Crippen LogP contribution in [0.3, 0.4) is 0 Å². The lowest BCUT2D eigenvalue weighted by molar-refractivity contribution is -0.197. The second kappa shape index (κ2) is 8.47. The first kappa shape index (κ1) is 21.2. The lowest BCUT2D eigenvalue weighted by atomic mass is 10.3. The van der Waals surface area contributed by atoms with Crippen molar-refractivity contribution in [2.75, 3.05) is 11.3 Å².